The molecule has 0 fully saturated rings. The van der Waals surface area contributed by atoms with Crippen LogP contribution < -0.4 is 10.1 Å². The highest BCUT2D eigenvalue weighted by molar-refractivity contribution is 5.33. The maximum atomic E-state index is 9.01. The van der Waals surface area contributed by atoms with Gasteiger partial charge in [0.05, 0.1) is 0 Å². The summed E-state index contributed by atoms with van der Waals surface area (Å²) in [6, 6.07) is 17.8. The second-order valence-corrected chi connectivity index (χ2v) is 4.34. The molecule has 0 saturated carbocycles. The molecule has 0 aliphatic heterocycles. The van der Waals surface area contributed by atoms with E-state index >= 15 is 0 Å². The van der Waals surface area contributed by atoms with Crippen LogP contribution in [0.4, 0.5) is 0 Å². The molecule has 0 amide bonds. The first-order valence-electron chi connectivity index (χ1n) is 6.44. The molecule has 0 radical (unpaired) electrons. The average Bonchev–Trinajstić information content (AvgIpc) is 2.47. The van der Waals surface area contributed by atoms with Gasteiger partial charge in [-0.1, -0.05) is 30.3 Å². The van der Waals surface area contributed by atoms with Gasteiger partial charge in [0.25, 0.3) is 0 Å². The molecule has 0 aliphatic rings. The highest BCUT2D eigenvalue weighted by Crippen LogP contribution is 2.24. The van der Waals surface area contributed by atoms with E-state index in [1.807, 2.05) is 61.6 Å². The molecule has 100 valence electrons. The quantitative estimate of drug-likeness (QED) is 0.835. The molecule has 19 heavy (non-hydrogen) atoms. The van der Waals surface area contributed by atoms with E-state index in [1.54, 1.807) is 0 Å². The van der Waals surface area contributed by atoms with E-state index < -0.39 is 0 Å². The molecule has 3 nitrogen and oxygen atoms in total. The van der Waals surface area contributed by atoms with Gasteiger partial charge in [0.2, 0.25) is 0 Å². The minimum atomic E-state index is 0.174. The molecule has 0 heterocycles. The van der Waals surface area contributed by atoms with Crippen molar-refractivity contribution in [1.82, 2.24) is 5.32 Å². The number of benzene rings is 2. The van der Waals surface area contributed by atoms with E-state index in [-0.39, 0.29) is 12.6 Å². The van der Waals surface area contributed by atoms with Crippen molar-refractivity contribution in [2.24, 2.45) is 0 Å². The van der Waals surface area contributed by atoms with Crippen molar-refractivity contribution in [2.75, 3.05) is 13.7 Å². The summed E-state index contributed by atoms with van der Waals surface area (Å²) in [7, 11) is 1.90. The summed E-state index contributed by atoms with van der Waals surface area (Å²) in [5.74, 6) is 1.64. The van der Waals surface area contributed by atoms with E-state index in [4.69, 9.17) is 9.84 Å². The number of hydrogen-bond acceptors (Lipinski definition) is 3. The van der Waals surface area contributed by atoms with Gasteiger partial charge < -0.3 is 15.2 Å². The van der Waals surface area contributed by atoms with Crippen molar-refractivity contribution in [3.63, 3.8) is 0 Å². The Labute approximate surface area is 113 Å². The van der Waals surface area contributed by atoms with E-state index in [2.05, 4.69) is 5.32 Å². The molecule has 0 saturated heterocycles. The first kappa shape index (κ1) is 13.6. The van der Waals surface area contributed by atoms with Crippen LogP contribution in [0, 0.1) is 0 Å². The Morgan fingerprint density at radius 2 is 1.63 bits per heavy atom. The fourth-order valence-corrected chi connectivity index (χ4v) is 2.00. The second-order valence-electron chi connectivity index (χ2n) is 4.34. The molecule has 0 aliphatic carbocycles. The minimum Gasteiger partial charge on any atom is -0.457 e. The van der Waals surface area contributed by atoms with E-state index in [0.29, 0.717) is 6.42 Å². The van der Waals surface area contributed by atoms with Crippen molar-refractivity contribution >= 4 is 0 Å². The molecule has 1 unspecified atom stereocenters. The molecule has 3 heteroatoms. The lowest BCUT2D eigenvalue weighted by Crippen LogP contribution is -2.17. The van der Waals surface area contributed by atoms with Crippen LogP contribution in [0.15, 0.2) is 54.6 Å². The zero-order valence-electron chi connectivity index (χ0n) is 11.0. The van der Waals surface area contributed by atoms with Crippen LogP contribution in [0.3, 0.4) is 0 Å². The van der Waals surface area contributed by atoms with Crippen LogP contribution in [0.2, 0.25) is 0 Å². The highest BCUT2D eigenvalue weighted by atomic mass is 16.5. The van der Waals surface area contributed by atoms with Gasteiger partial charge in [-0.05, 0) is 43.3 Å². The lowest BCUT2D eigenvalue weighted by molar-refractivity contribution is 0.269. The maximum absolute atomic E-state index is 9.01. The Bertz CT molecular complexity index is 482. The predicted octanol–water partition coefficient (Wildman–Crippen LogP) is 3.12. The Morgan fingerprint density at radius 1 is 1.00 bits per heavy atom. The van der Waals surface area contributed by atoms with Gasteiger partial charge in [0.1, 0.15) is 11.5 Å². The largest absolute Gasteiger partial charge is 0.457 e. The van der Waals surface area contributed by atoms with Crippen LogP contribution in [-0.4, -0.2) is 18.8 Å². The van der Waals surface area contributed by atoms with Gasteiger partial charge in [0, 0.05) is 12.6 Å². The summed E-state index contributed by atoms with van der Waals surface area (Å²) >= 11 is 0. The van der Waals surface area contributed by atoms with Gasteiger partial charge >= 0.3 is 0 Å². The van der Waals surface area contributed by atoms with E-state index in [9.17, 15) is 0 Å². The average molecular weight is 257 g/mol. The van der Waals surface area contributed by atoms with Crippen molar-refractivity contribution in [3.8, 4) is 11.5 Å². The number of rotatable bonds is 6. The van der Waals surface area contributed by atoms with Crippen molar-refractivity contribution in [1.29, 1.82) is 0 Å². The number of aliphatic hydroxyl groups excluding tert-OH is 1. The minimum absolute atomic E-state index is 0.174. The van der Waals surface area contributed by atoms with Gasteiger partial charge in [-0.3, -0.25) is 0 Å². The standard InChI is InChI=1S/C16H19NO2/c1-17-16(11-12-18)13-7-9-15(10-8-13)19-14-5-3-2-4-6-14/h2-10,16-18H,11-12H2,1H3. The predicted molar refractivity (Wildman–Crippen MR) is 76.5 cm³/mol. The van der Waals surface area contributed by atoms with Crippen LogP contribution in [0.1, 0.15) is 18.0 Å². The molecule has 2 aromatic rings. The third-order valence-corrected chi connectivity index (χ3v) is 3.03. The Balaban J connectivity index is 2.06. The van der Waals surface area contributed by atoms with Gasteiger partial charge in [-0.25, -0.2) is 0 Å². The van der Waals surface area contributed by atoms with Crippen molar-refractivity contribution in [2.45, 2.75) is 12.5 Å². The summed E-state index contributed by atoms with van der Waals surface area (Å²) in [5, 5.41) is 12.2. The molecular weight excluding hydrogens is 238 g/mol. The second kappa shape index (κ2) is 6.92. The molecule has 0 bridgehead atoms. The number of hydrogen-bond donors (Lipinski definition) is 2. The van der Waals surface area contributed by atoms with Crippen LogP contribution in [0.5, 0.6) is 11.5 Å². The van der Waals surface area contributed by atoms with Crippen molar-refractivity contribution < 1.29 is 9.84 Å². The summed E-state index contributed by atoms with van der Waals surface area (Å²) in [4.78, 5) is 0. The Kier molecular flexibility index (Phi) is 4.95. The Hall–Kier alpha value is -1.84. The zero-order valence-corrected chi connectivity index (χ0v) is 11.0. The first-order valence-corrected chi connectivity index (χ1v) is 6.44. The first-order chi connectivity index (χ1) is 9.33. The molecule has 1 atom stereocenters. The van der Waals surface area contributed by atoms with Crippen LogP contribution >= 0.6 is 0 Å². The Morgan fingerprint density at radius 3 is 2.21 bits per heavy atom. The topological polar surface area (TPSA) is 41.5 Å². The molecular formula is C16H19NO2. The number of nitrogens with one attached hydrogen (secondary N) is 1. The lowest BCUT2D eigenvalue weighted by atomic mass is 10.0. The van der Waals surface area contributed by atoms with Gasteiger partial charge in [-0.2, -0.15) is 0 Å². The van der Waals surface area contributed by atoms with E-state index in [1.165, 1.54) is 0 Å². The number of ether oxygens (including phenoxy) is 1. The molecule has 2 aromatic carbocycles. The summed E-state index contributed by atoms with van der Waals surface area (Å²) < 4.78 is 5.74. The fourth-order valence-electron chi connectivity index (χ4n) is 2.00. The normalized spacial score (nSPS) is 12.1. The zero-order chi connectivity index (χ0) is 13.5. The SMILES string of the molecule is CNC(CCO)c1ccc(Oc2ccccc2)cc1. The highest BCUT2D eigenvalue weighted by Gasteiger charge is 2.08. The maximum Gasteiger partial charge on any atom is 0.127 e. The van der Waals surface area contributed by atoms with Gasteiger partial charge in [-0.15, -0.1) is 0 Å². The summed E-state index contributed by atoms with van der Waals surface area (Å²) in [5.41, 5.74) is 1.15. The van der Waals surface area contributed by atoms with Crippen molar-refractivity contribution in [3.05, 3.63) is 60.2 Å². The number of aliphatic hydroxyl groups is 1. The molecule has 2 N–H and O–H groups in total. The number of para-hydroxylation sites is 1. The summed E-state index contributed by atoms with van der Waals surface area (Å²) in [6.07, 6.45) is 0.704. The molecule has 0 spiro atoms. The molecule has 2 rings (SSSR count). The smallest absolute Gasteiger partial charge is 0.127 e. The third-order valence-electron chi connectivity index (χ3n) is 3.03. The monoisotopic (exact) mass is 257 g/mol. The lowest BCUT2D eigenvalue weighted by Gasteiger charge is -2.15. The van der Waals surface area contributed by atoms with Crippen LogP contribution in [0.25, 0.3) is 0 Å². The molecule has 0 aromatic heterocycles. The van der Waals surface area contributed by atoms with Crippen LogP contribution in [-0.2, 0) is 0 Å². The van der Waals surface area contributed by atoms with E-state index in [0.717, 1.165) is 17.1 Å². The fraction of sp³-hybridized carbons (Fsp3) is 0.250. The third kappa shape index (κ3) is 3.81. The summed E-state index contributed by atoms with van der Waals surface area (Å²) in [6.45, 7) is 0.174. The van der Waals surface area contributed by atoms with Gasteiger partial charge in [0.15, 0.2) is 0 Å².